The van der Waals surface area contributed by atoms with Crippen molar-refractivity contribution >= 4 is 77.9 Å². The third-order valence-electron chi connectivity index (χ3n) is 2.12. The van der Waals surface area contributed by atoms with E-state index in [0.29, 0.717) is 10.4 Å². The van der Waals surface area contributed by atoms with Gasteiger partial charge in [-0.2, -0.15) is 60.5 Å². The van der Waals surface area contributed by atoms with Crippen LogP contribution >= 0.6 is 72.8 Å². The minimum Gasteiger partial charge on any atom is -0.391 e. The second kappa shape index (κ2) is 15.3. The first kappa shape index (κ1) is 21.4. The highest BCUT2D eigenvalue weighted by molar-refractivity contribution is 8.04. The minimum atomic E-state index is -0.230. The molecule has 120 valence electrons. The summed E-state index contributed by atoms with van der Waals surface area (Å²) in [5.74, 6) is 6.26. The molecule has 0 aliphatic heterocycles. The molecule has 2 unspecified atom stereocenters. The number of aliphatic hydroxyl groups excluding tert-OH is 1. The highest BCUT2D eigenvalue weighted by Crippen LogP contribution is 2.19. The number of thioether (sulfide) groups is 3. The molecule has 0 aromatic rings. The molecule has 9 heteroatoms. The van der Waals surface area contributed by atoms with E-state index in [1.807, 2.05) is 11.8 Å². The van der Waals surface area contributed by atoms with Crippen molar-refractivity contribution in [2.75, 3.05) is 46.8 Å². The molecule has 0 saturated carbocycles. The first-order valence-corrected chi connectivity index (χ1v) is 11.3. The summed E-state index contributed by atoms with van der Waals surface area (Å²) in [4.78, 5) is 0. The first-order valence-electron chi connectivity index (χ1n) is 6.30. The molecule has 0 aliphatic carbocycles. The molecule has 3 nitrogen and oxygen atoms in total. The van der Waals surface area contributed by atoms with Crippen LogP contribution in [0.3, 0.4) is 0 Å². The van der Waals surface area contributed by atoms with E-state index in [2.05, 4.69) is 30.6 Å². The Morgan fingerprint density at radius 2 is 1.90 bits per heavy atom. The van der Waals surface area contributed by atoms with E-state index in [1.54, 1.807) is 23.5 Å². The number of hydrogen-bond acceptors (Lipinski definition) is 7. The van der Waals surface area contributed by atoms with Crippen molar-refractivity contribution in [3.05, 3.63) is 0 Å². The molecule has 0 heterocycles. The molecule has 0 radical (unpaired) electrons. The maximum atomic E-state index is 9.81. The Morgan fingerprint density at radius 1 is 1.20 bits per heavy atom. The normalized spacial score (nSPS) is 13.9. The predicted molar refractivity (Wildman–Crippen MR) is 109 cm³/mol. The topological polar surface area (TPSA) is 58.3 Å². The van der Waals surface area contributed by atoms with E-state index in [-0.39, 0.29) is 6.10 Å². The monoisotopic (exact) mass is 392 g/mol. The summed E-state index contributed by atoms with van der Waals surface area (Å²) in [5, 5.41) is 13.6. The zero-order chi connectivity index (χ0) is 15.2. The maximum Gasteiger partial charge on any atom is 0.163 e. The third kappa shape index (κ3) is 14.3. The average molecular weight is 393 g/mol. The lowest BCUT2D eigenvalue weighted by atomic mass is 10.5. The van der Waals surface area contributed by atoms with Crippen LogP contribution in [0.2, 0.25) is 0 Å². The Kier molecular flexibility index (Phi) is 16.4. The van der Waals surface area contributed by atoms with Gasteiger partial charge in [0.05, 0.1) is 6.10 Å². The molecule has 0 amide bonds. The van der Waals surface area contributed by atoms with Crippen molar-refractivity contribution in [3.63, 3.8) is 0 Å². The number of nitrogens with one attached hydrogen (secondary N) is 1. The van der Waals surface area contributed by atoms with Crippen molar-refractivity contribution in [1.82, 2.24) is 5.32 Å². The van der Waals surface area contributed by atoms with Gasteiger partial charge >= 0.3 is 0 Å². The van der Waals surface area contributed by atoms with Gasteiger partial charge in [-0.3, -0.25) is 0 Å². The molecule has 2 atom stereocenters. The lowest BCUT2D eigenvalue weighted by Gasteiger charge is -2.15. The van der Waals surface area contributed by atoms with E-state index >= 15 is 0 Å². The molecule has 0 aromatic heterocycles. The number of aliphatic hydroxyl groups is 1. The number of rotatable bonds is 13. The van der Waals surface area contributed by atoms with Crippen molar-refractivity contribution in [1.29, 1.82) is 0 Å². The van der Waals surface area contributed by atoms with Crippen LogP contribution < -0.4 is 11.1 Å². The average Bonchev–Trinajstić information content (AvgIpc) is 2.41. The van der Waals surface area contributed by atoms with E-state index in [1.165, 1.54) is 0 Å². The van der Waals surface area contributed by atoms with Gasteiger partial charge in [-0.25, -0.2) is 0 Å². The van der Waals surface area contributed by atoms with Crippen LogP contribution in [-0.2, 0) is 0 Å². The second-order valence-corrected chi connectivity index (χ2v) is 8.84. The first-order chi connectivity index (χ1) is 9.60. The van der Waals surface area contributed by atoms with E-state index in [0.717, 1.165) is 46.8 Å². The Hall–Kier alpha value is 1.40. The standard InChI is InChI=1S/C11H24N2OS6/c12-11(17)13-1-3-20-10(5-16)8-19-7-9(14)6-18-4-2-15/h9-10,14-16H,1-8H2,(H3,12,13,17). The molecule has 0 rings (SSSR count). The number of nitrogens with two attached hydrogens (primary N) is 1. The van der Waals surface area contributed by atoms with Gasteiger partial charge in [-0.15, -0.1) is 0 Å². The summed E-state index contributed by atoms with van der Waals surface area (Å²) in [6.07, 6.45) is -0.230. The van der Waals surface area contributed by atoms with Gasteiger partial charge in [0.15, 0.2) is 5.11 Å². The van der Waals surface area contributed by atoms with Gasteiger partial charge < -0.3 is 16.2 Å². The van der Waals surface area contributed by atoms with Crippen molar-refractivity contribution in [3.8, 4) is 0 Å². The summed E-state index contributed by atoms with van der Waals surface area (Å²) >= 11 is 18.7. The zero-order valence-electron chi connectivity index (χ0n) is 11.4. The minimum absolute atomic E-state index is 0.230. The van der Waals surface area contributed by atoms with Crippen LogP contribution in [0.4, 0.5) is 0 Å². The van der Waals surface area contributed by atoms with E-state index in [9.17, 15) is 5.11 Å². The highest BCUT2D eigenvalue weighted by Gasteiger charge is 2.10. The molecule has 0 fully saturated rings. The summed E-state index contributed by atoms with van der Waals surface area (Å²) in [6.45, 7) is 0.790. The number of thiol groups is 2. The number of hydrogen-bond donors (Lipinski definition) is 5. The third-order valence-corrected chi connectivity index (χ3v) is 7.30. The summed E-state index contributed by atoms with van der Waals surface area (Å²) in [6, 6.07) is 0. The molecule has 0 saturated heterocycles. The molecule has 4 N–H and O–H groups in total. The summed E-state index contributed by atoms with van der Waals surface area (Å²) in [5.41, 5.74) is 5.36. The van der Waals surface area contributed by atoms with Gasteiger partial charge in [0, 0.05) is 46.3 Å². The fraction of sp³-hybridized carbons (Fsp3) is 0.909. The van der Waals surface area contributed by atoms with Gasteiger partial charge in [0.1, 0.15) is 0 Å². The van der Waals surface area contributed by atoms with Crippen molar-refractivity contribution < 1.29 is 5.11 Å². The zero-order valence-corrected chi connectivity index (χ0v) is 16.4. The van der Waals surface area contributed by atoms with E-state index < -0.39 is 0 Å². The Balaban J connectivity index is 3.55. The Morgan fingerprint density at radius 3 is 2.50 bits per heavy atom. The van der Waals surface area contributed by atoms with Crippen LogP contribution in [0, 0.1) is 0 Å². The lowest BCUT2D eigenvalue weighted by molar-refractivity contribution is 0.225. The fourth-order valence-electron chi connectivity index (χ4n) is 1.22. The summed E-state index contributed by atoms with van der Waals surface area (Å²) < 4.78 is 0. The molecule has 0 aromatic carbocycles. The number of thiocarbonyl (C=S) groups is 1. The van der Waals surface area contributed by atoms with Crippen LogP contribution in [-0.4, -0.2) is 68.4 Å². The largest absolute Gasteiger partial charge is 0.391 e. The second-order valence-electron chi connectivity index (χ2n) is 3.96. The van der Waals surface area contributed by atoms with Gasteiger partial charge in [0.25, 0.3) is 0 Å². The molecular formula is C11H24N2OS6. The maximum absolute atomic E-state index is 9.81. The molecule has 0 spiro atoms. The van der Waals surface area contributed by atoms with Crippen LogP contribution in [0.25, 0.3) is 0 Å². The molecule has 0 aliphatic rings. The van der Waals surface area contributed by atoms with Crippen LogP contribution in [0.5, 0.6) is 0 Å². The van der Waals surface area contributed by atoms with Crippen LogP contribution in [0.15, 0.2) is 0 Å². The van der Waals surface area contributed by atoms with Gasteiger partial charge in [0.2, 0.25) is 0 Å². The van der Waals surface area contributed by atoms with Crippen LogP contribution in [0.1, 0.15) is 0 Å². The van der Waals surface area contributed by atoms with E-state index in [4.69, 9.17) is 18.0 Å². The molecular weight excluding hydrogens is 369 g/mol. The fourth-order valence-corrected chi connectivity index (χ4v) is 5.40. The lowest BCUT2D eigenvalue weighted by Crippen LogP contribution is -2.31. The Labute approximate surface area is 151 Å². The van der Waals surface area contributed by atoms with Crippen molar-refractivity contribution in [2.24, 2.45) is 5.73 Å². The highest BCUT2D eigenvalue weighted by atomic mass is 32.2. The van der Waals surface area contributed by atoms with Crippen molar-refractivity contribution in [2.45, 2.75) is 11.4 Å². The SMILES string of the molecule is NC(=S)NCCSC(CS)CSCC(O)CSCCS. The smallest absolute Gasteiger partial charge is 0.163 e. The molecule has 20 heavy (non-hydrogen) atoms. The van der Waals surface area contributed by atoms with Gasteiger partial charge in [-0.05, 0) is 18.0 Å². The summed E-state index contributed by atoms with van der Waals surface area (Å²) in [7, 11) is 0. The predicted octanol–water partition coefficient (Wildman–Crippen LogP) is 1.61. The Bertz CT molecular complexity index is 247. The molecule has 0 bridgehead atoms. The van der Waals surface area contributed by atoms with Gasteiger partial charge in [-0.1, -0.05) is 0 Å². The quantitative estimate of drug-likeness (QED) is 0.185.